The Labute approximate surface area is 151 Å². The maximum atomic E-state index is 12.2. The van der Waals surface area contributed by atoms with Crippen molar-refractivity contribution < 1.29 is 29.2 Å². The number of carbonyl (C=O) groups excluding carboxylic acids is 1. The molecule has 8 heteroatoms. The van der Waals surface area contributed by atoms with Gasteiger partial charge in [0.15, 0.2) is 12.0 Å². The molecule has 1 heterocycles. The van der Waals surface area contributed by atoms with Gasteiger partial charge in [0.2, 0.25) is 0 Å². The highest BCUT2D eigenvalue weighted by atomic mass is 35.5. The molecular formula is C16H22Cl2O6. The van der Waals surface area contributed by atoms with Crippen LogP contribution in [0.1, 0.15) is 37.0 Å². The summed E-state index contributed by atoms with van der Waals surface area (Å²) >= 11 is 11.9. The van der Waals surface area contributed by atoms with Crippen molar-refractivity contribution in [2.45, 2.75) is 45.2 Å². The molecule has 136 valence electrons. The first kappa shape index (κ1) is 21.0. The van der Waals surface area contributed by atoms with Gasteiger partial charge in [-0.3, -0.25) is 0 Å². The molecule has 0 saturated carbocycles. The Kier molecular flexibility index (Phi) is 8.80. The number of aliphatic hydroxyl groups excluding tert-OH is 2. The summed E-state index contributed by atoms with van der Waals surface area (Å²) in [6.45, 7) is 3.87. The van der Waals surface area contributed by atoms with Gasteiger partial charge in [-0.05, 0) is 12.1 Å². The molecule has 0 amide bonds. The van der Waals surface area contributed by atoms with E-state index in [0.717, 1.165) is 0 Å². The van der Waals surface area contributed by atoms with E-state index in [1.807, 2.05) is 13.8 Å². The van der Waals surface area contributed by atoms with Gasteiger partial charge in [-0.25, -0.2) is 4.79 Å². The Balaban J connectivity index is 0.00000139. The van der Waals surface area contributed by atoms with Crippen molar-refractivity contribution in [1.82, 2.24) is 0 Å². The van der Waals surface area contributed by atoms with Gasteiger partial charge >= 0.3 is 5.97 Å². The van der Waals surface area contributed by atoms with Crippen molar-refractivity contribution in [1.29, 1.82) is 0 Å². The second-order valence-corrected chi connectivity index (χ2v) is 5.69. The van der Waals surface area contributed by atoms with Crippen LogP contribution >= 0.6 is 23.2 Å². The van der Waals surface area contributed by atoms with Crippen molar-refractivity contribution >= 4 is 29.2 Å². The lowest BCUT2D eigenvalue weighted by atomic mass is 10.1. The van der Waals surface area contributed by atoms with Crippen molar-refractivity contribution in [2.24, 2.45) is 0 Å². The molecule has 0 bridgehead atoms. The lowest BCUT2D eigenvalue weighted by molar-refractivity contribution is -0.197. The molecular weight excluding hydrogens is 359 g/mol. The fourth-order valence-electron chi connectivity index (χ4n) is 2.24. The molecule has 6 nitrogen and oxygen atoms in total. The Morgan fingerprint density at radius 3 is 2.46 bits per heavy atom. The van der Waals surface area contributed by atoms with E-state index in [-0.39, 0.29) is 40.8 Å². The number of hydrogen-bond acceptors (Lipinski definition) is 6. The topological polar surface area (TPSA) is 85.2 Å². The van der Waals surface area contributed by atoms with E-state index in [9.17, 15) is 15.0 Å². The van der Waals surface area contributed by atoms with Crippen LogP contribution < -0.4 is 4.74 Å². The number of ether oxygens (including phenoxy) is 3. The zero-order valence-corrected chi connectivity index (χ0v) is 15.3. The maximum absolute atomic E-state index is 12.2. The van der Waals surface area contributed by atoms with Gasteiger partial charge < -0.3 is 24.4 Å². The molecule has 0 spiro atoms. The van der Waals surface area contributed by atoms with Crippen LogP contribution in [0.15, 0.2) is 12.1 Å². The average Bonchev–Trinajstić information content (AvgIpc) is 2.55. The molecule has 0 aromatic heterocycles. The summed E-state index contributed by atoms with van der Waals surface area (Å²) in [6, 6.07) is 2.98. The van der Waals surface area contributed by atoms with Gasteiger partial charge in [0, 0.05) is 12.8 Å². The van der Waals surface area contributed by atoms with E-state index in [2.05, 4.69) is 0 Å². The van der Waals surface area contributed by atoms with Crippen LogP contribution in [-0.2, 0) is 9.47 Å². The van der Waals surface area contributed by atoms with Gasteiger partial charge in [-0.15, -0.1) is 0 Å². The smallest absolute Gasteiger partial charge is 0.343 e. The predicted octanol–water partition coefficient (Wildman–Crippen LogP) is 3.04. The highest BCUT2D eigenvalue weighted by Crippen LogP contribution is 2.34. The highest BCUT2D eigenvalue weighted by molar-refractivity contribution is 6.37. The summed E-state index contributed by atoms with van der Waals surface area (Å²) in [5.41, 5.74) is 0.0218. The second-order valence-electron chi connectivity index (χ2n) is 4.87. The zero-order chi connectivity index (χ0) is 18.3. The third-order valence-electron chi connectivity index (χ3n) is 3.23. The van der Waals surface area contributed by atoms with Crippen LogP contribution in [0.4, 0.5) is 0 Å². The Morgan fingerprint density at radius 2 is 1.88 bits per heavy atom. The first-order valence-electron chi connectivity index (χ1n) is 7.63. The molecule has 1 aliphatic heterocycles. The number of halogens is 2. The van der Waals surface area contributed by atoms with E-state index in [4.69, 9.17) is 37.4 Å². The summed E-state index contributed by atoms with van der Waals surface area (Å²) in [5, 5.41) is 19.4. The van der Waals surface area contributed by atoms with E-state index in [0.29, 0.717) is 0 Å². The normalized spacial score (nSPS) is 23.0. The molecule has 1 aromatic rings. The first-order chi connectivity index (χ1) is 11.4. The fraction of sp³-hybridized carbons (Fsp3) is 0.562. The molecule has 2 rings (SSSR count). The summed E-state index contributed by atoms with van der Waals surface area (Å²) in [4.78, 5) is 12.2. The molecule has 1 saturated heterocycles. The van der Waals surface area contributed by atoms with Crippen molar-refractivity contribution in [3.63, 3.8) is 0 Å². The SMILES string of the molecule is CC.COc1c(Cl)ccc(Cl)c1C(=O)OCC1CC(O)CC(O)O1. The number of benzene rings is 1. The predicted molar refractivity (Wildman–Crippen MR) is 90.8 cm³/mol. The summed E-state index contributed by atoms with van der Waals surface area (Å²) < 4.78 is 15.4. The summed E-state index contributed by atoms with van der Waals surface area (Å²) in [5.74, 6) is -0.591. The first-order valence-corrected chi connectivity index (χ1v) is 8.38. The number of rotatable bonds is 4. The average molecular weight is 381 g/mol. The Bertz CT molecular complexity index is 542. The fourth-order valence-corrected chi connectivity index (χ4v) is 2.70. The summed E-state index contributed by atoms with van der Waals surface area (Å²) in [6.07, 6.45) is -1.96. The Hall–Kier alpha value is -1.05. The van der Waals surface area contributed by atoms with Gasteiger partial charge in [-0.2, -0.15) is 0 Å². The number of methoxy groups -OCH3 is 1. The molecule has 1 fully saturated rings. The standard InChI is InChI=1S/C14H16Cl2O6.C2H6/c1-20-13-10(16)3-2-9(15)12(13)14(19)21-6-8-4-7(17)5-11(18)22-8;1-2/h2-3,7-8,11,17-18H,4-6H2,1H3;1-2H3. The largest absolute Gasteiger partial charge is 0.494 e. The highest BCUT2D eigenvalue weighted by Gasteiger charge is 2.29. The maximum Gasteiger partial charge on any atom is 0.343 e. The molecule has 3 unspecified atom stereocenters. The van der Waals surface area contributed by atoms with Gasteiger partial charge in [-0.1, -0.05) is 37.0 Å². The van der Waals surface area contributed by atoms with Crippen molar-refractivity contribution in [3.05, 3.63) is 27.7 Å². The van der Waals surface area contributed by atoms with Crippen LogP contribution in [0.5, 0.6) is 5.75 Å². The summed E-state index contributed by atoms with van der Waals surface area (Å²) in [7, 11) is 1.37. The van der Waals surface area contributed by atoms with Gasteiger partial charge in [0.1, 0.15) is 12.2 Å². The zero-order valence-electron chi connectivity index (χ0n) is 13.8. The van der Waals surface area contributed by atoms with Crippen LogP contribution in [0.2, 0.25) is 10.0 Å². The monoisotopic (exact) mass is 380 g/mol. The molecule has 0 radical (unpaired) electrons. The lowest BCUT2D eigenvalue weighted by Crippen LogP contribution is -2.38. The number of hydrogen-bond donors (Lipinski definition) is 2. The van der Waals surface area contributed by atoms with E-state index < -0.39 is 24.5 Å². The molecule has 3 atom stereocenters. The lowest BCUT2D eigenvalue weighted by Gasteiger charge is -2.29. The minimum atomic E-state index is -1.07. The van der Waals surface area contributed by atoms with Gasteiger partial charge in [0.05, 0.1) is 29.4 Å². The van der Waals surface area contributed by atoms with Crippen molar-refractivity contribution in [2.75, 3.05) is 13.7 Å². The molecule has 1 aliphatic rings. The van der Waals surface area contributed by atoms with Crippen LogP contribution in [0, 0.1) is 0 Å². The third-order valence-corrected chi connectivity index (χ3v) is 3.84. The number of aliphatic hydroxyl groups is 2. The van der Waals surface area contributed by atoms with Crippen molar-refractivity contribution in [3.8, 4) is 5.75 Å². The van der Waals surface area contributed by atoms with Crippen LogP contribution in [-0.4, -0.2) is 48.4 Å². The second kappa shape index (κ2) is 10.1. The minimum absolute atomic E-state index is 0.0218. The minimum Gasteiger partial charge on any atom is -0.494 e. The van der Waals surface area contributed by atoms with Gasteiger partial charge in [0.25, 0.3) is 0 Å². The molecule has 24 heavy (non-hydrogen) atoms. The van der Waals surface area contributed by atoms with E-state index >= 15 is 0 Å². The van der Waals surface area contributed by atoms with E-state index in [1.165, 1.54) is 19.2 Å². The molecule has 1 aromatic carbocycles. The van der Waals surface area contributed by atoms with Crippen LogP contribution in [0.3, 0.4) is 0 Å². The third kappa shape index (κ3) is 5.50. The molecule has 2 N–H and O–H groups in total. The Morgan fingerprint density at radius 1 is 1.25 bits per heavy atom. The molecule has 0 aliphatic carbocycles. The number of esters is 1. The number of carbonyl (C=O) groups is 1. The van der Waals surface area contributed by atoms with Crippen LogP contribution in [0.25, 0.3) is 0 Å². The van der Waals surface area contributed by atoms with E-state index in [1.54, 1.807) is 0 Å². The quantitative estimate of drug-likeness (QED) is 0.780.